The molecule has 3 rings (SSSR count). The van der Waals surface area contributed by atoms with Crippen molar-refractivity contribution in [1.82, 2.24) is 5.43 Å². The number of halogens is 2. The molecule has 0 saturated heterocycles. The summed E-state index contributed by atoms with van der Waals surface area (Å²) >= 11 is 11.9. The first-order valence-electron chi connectivity index (χ1n) is 9.85. The number of hydrogen-bond donors (Lipinski definition) is 2. The molecule has 3 aromatic rings. The van der Waals surface area contributed by atoms with E-state index in [0.29, 0.717) is 16.8 Å². The maximum Gasteiger partial charge on any atom is 0.343 e. The van der Waals surface area contributed by atoms with Gasteiger partial charge >= 0.3 is 17.8 Å². The fourth-order valence-electron chi connectivity index (χ4n) is 2.74. The largest absolute Gasteiger partial charge is 0.493 e. The third-order valence-corrected chi connectivity index (χ3v) is 5.34. The van der Waals surface area contributed by atoms with Gasteiger partial charge in [-0.15, -0.1) is 0 Å². The minimum Gasteiger partial charge on any atom is -0.493 e. The molecule has 0 spiro atoms. The van der Waals surface area contributed by atoms with Gasteiger partial charge in [-0.1, -0.05) is 47.5 Å². The van der Waals surface area contributed by atoms with Crippen LogP contribution < -0.4 is 20.2 Å². The Labute approximate surface area is 205 Å². The summed E-state index contributed by atoms with van der Waals surface area (Å²) in [5.74, 6) is -2.00. The molecule has 0 aromatic heterocycles. The third-order valence-electron chi connectivity index (χ3n) is 4.52. The van der Waals surface area contributed by atoms with Crippen LogP contribution in [0.1, 0.15) is 22.8 Å². The summed E-state index contributed by atoms with van der Waals surface area (Å²) in [6.07, 6.45) is 0. The van der Waals surface area contributed by atoms with E-state index in [1.54, 1.807) is 67.6 Å². The molecular weight excluding hydrogens is 481 g/mol. The maximum atomic E-state index is 12.3. The Hall–Kier alpha value is -3.88. The SMILES string of the molecule is COc1cc(C(C)=NNC(=O)C(=O)Nc2cccc(Cl)c2Cl)ccc1OC(=O)c1ccccc1. The fourth-order valence-corrected chi connectivity index (χ4v) is 3.09. The quantitative estimate of drug-likeness (QED) is 0.168. The van der Waals surface area contributed by atoms with E-state index >= 15 is 0 Å². The van der Waals surface area contributed by atoms with Crippen LogP contribution in [-0.4, -0.2) is 30.6 Å². The lowest BCUT2D eigenvalue weighted by atomic mass is 10.1. The zero-order valence-corrected chi connectivity index (χ0v) is 19.6. The lowest BCUT2D eigenvalue weighted by molar-refractivity contribution is -0.136. The fraction of sp³-hybridized carbons (Fsp3) is 0.0833. The summed E-state index contributed by atoms with van der Waals surface area (Å²) < 4.78 is 10.7. The van der Waals surface area contributed by atoms with Gasteiger partial charge in [0.25, 0.3) is 0 Å². The molecule has 34 heavy (non-hydrogen) atoms. The van der Waals surface area contributed by atoms with Crippen molar-refractivity contribution in [3.05, 3.63) is 87.9 Å². The molecule has 0 fully saturated rings. The number of rotatable bonds is 6. The van der Waals surface area contributed by atoms with Gasteiger partial charge in [0, 0.05) is 5.56 Å². The molecular formula is C24H19Cl2N3O5. The second-order valence-corrected chi connectivity index (χ2v) is 7.60. The van der Waals surface area contributed by atoms with Gasteiger partial charge < -0.3 is 14.8 Å². The Morgan fingerprint density at radius 2 is 1.59 bits per heavy atom. The predicted molar refractivity (Wildman–Crippen MR) is 130 cm³/mol. The van der Waals surface area contributed by atoms with Crippen molar-refractivity contribution in [3.8, 4) is 11.5 Å². The van der Waals surface area contributed by atoms with Crippen LogP contribution >= 0.6 is 23.2 Å². The third kappa shape index (κ3) is 6.12. The Bertz CT molecular complexity index is 1260. The highest BCUT2D eigenvalue weighted by atomic mass is 35.5. The van der Waals surface area contributed by atoms with Crippen molar-refractivity contribution in [3.63, 3.8) is 0 Å². The van der Waals surface area contributed by atoms with Crippen molar-refractivity contribution in [2.24, 2.45) is 5.10 Å². The highest BCUT2D eigenvalue weighted by molar-refractivity contribution is 6.45. The number of nitrogens with zero attached hydrogens (tertiary/aromatic N) is 1. The monoisotopic (exact) mass is 499 g/mol. The molecule has 0 saturated carbocycles. The van der Waals surface area contributed by atoms with Crippen LogP contribution in [0.2, 0.25) is 10.0 Å². The van der Waals surface area contributed by atoms with Gasteiger partial charge in [0.05, 0.1) is 34.1 Å². The Kier molecular flexibility index (Phi) is 8.24. The Morgan fingerprint density at radius 3 is 2.29 bits per heavy atom. The van der Waals surface area contributed by atoms with Gasteiger partial charge in [-0.25, -0.2) is 10.2 Å². The number of carbonyl (C=O) groups excluding carboxylic acids is 3. The number of ether oxygens (including phenoxy) is 2. The first-order valence-corrected chi connectivity index (χ1v) is 10.6. The Balaban J connectivity index is 1.67. The van der Waals surface area contributed by atoms with Crippen LogP contribution in [0.5, 0.6) is 11.5 Å². The molecule has 0 heterocycles. The summed E-state index contributed by atoms with van der Waals surface area (Å²) in [4.78, 5) is 36.6. The van der Waals surface area contributed by atoms with E-state index in [-0.39, 0.29) is 27.2 Å². The second kappa shape index (κ2) is 11.3. The summed E-state index contributed by atoms with van der Waals surface area (Å²) in [5, 5.41) is 6.66. The number of nitrogens with one attached hydrogen (secondary N) is 2. The number of carbonyl (C=O) groups is 3. The molecule has 0 aliphatic heterocycles. The molecule has 0 unspecified atom stereocenters. The molecule has 2 amide bonds. The molecule has 0 aliphatic carbocycles. The van der Waals surface area contributed by atoms with Crippen molar-refractivity contribution < 1.29 is 23.9 Å². The van der Waals surface area contributed by atoms with Crippen molar-refractivity contribution >= 4 is 52.4 Å². The van der Waals surface area contributed by atoms with E-state index in [4.69, 9.17) is 32.7 Å². The van der Waals surface area contributed by atoms with E-state index in [1.165, 1.54) is 13.2 Å². The van der Waals surface area contributed by atoms with E-state index < -0.39 is 17.8 Å². The number of benzene rings is 3. The van der Waals surface area contributed by atoms with Crippen LogP contribution in [0, 0.1) is 0 Å². The van der Waals surface area contributed by atoms with Crippen molar-refractivity contribution in [1.29, 1.82) is 0 Å². The normalized spacial score (nSPS) is 10.9. The molecule has 0 atom stereocenters. The van der Waals surface area contributed by atoms with E-state index in [1.807, 2.05) is 0 Å². The lowest BCUT2D eigenvalue weighted by Gasteiger charge is -2.11. The van der Waals surface area contributed by atoms with Gasteiger partial charge in [-0.05, 0) is 49.4 Å². The average molecular weight is 500 g/mol. The highest BCUT2D eigenvalue weighted by Gasteiger charge is 2.17. The van der Waals surface area contributed by atoms with Crippen LogP contribution in [0.15, 0.2) is 71.8 Å². The topological polar surface area (TPSA) is 106 Å². The lowest BCUT2D eigenvalue weighted by Crippen LogP contribution is -2.33. The molecule has 3 aromatic carbocycles. The van der Waals surface area contributed by atoms with Crippen LogP contribution in [0.25, 0.3) is 0 Å². The summed E-state index contributed by atoms with van der Waals surface area (Å²) in [5.41, 5.74) is 3.71. The van der Waals surface area contributed by atoms with E-state index in [9.17, 15) is 14.4 Å². The van der Waals surface area contributed by atoms with Crippen LogP contribution in [0.4, 0.5) is 5.69 Å². The molecule has 8 nitrogen and oxygen atoms in total. The zero-order chi connectivity index (χ0) is 24.7. The molecule has 174 valence electrons. The molecule has 2 N–H and O–H groups in total. The first-order chi connectivity index (χ1) is 16.3. The number of hydrogen-bond acceptors (Lipinski definition) is 6. The summed E-state index contributed by atoms with van der Waals surface area (Å²) in [6, 6.07) is 17.9. The molecule has 10 heteroatoms. The van der Waals surface area contributed by atoms with Gasteiger partial charge in [-0.3, -0.25) is 9.59 Å². The minimum atomic E-state index is -1.00. The minimum absolute atomic E-state index is 0.116. The average Bonchev–Trinajstić information content (AvgIpc) is 2.85. The summed E-state index contributed by atoms with van der Waals surface area (Å²) in [6.45, 7) is 1.62. The second-order valence-electron chi connectivity index (χ2n) is 6.81. The molecule has 0 aliphatic rings. The predicted octanol–water partition coefficient (Wildman–Crippen LogP) is 4.70. The smallest absolute Gasteiger partial charge is 0.343 e. The zero-order valence-electron chi connectivity index (χ0n) is 18.1. The van der Waals surface area contributed by atoms with E-state index in [0.717, 1.165) is 0 Å². The van der Waals surface area contributed by atoms with Gasteiger partial charge in [0.15, 0.2) is 11.5 Å². The Morgan fingerprint density at radius 1 is 0.853 bits per heavy atom. The maximum absolute atomic E-state index is 12.3. The van der Waals surface area contributed by atoms with Crippen LogP contribution in [-0.2, 0) is 9.59 Å². The van der Waals surface area contributed by atoms with Crippen molar-refractivity contribution in [2.75, 3.05) is 12.4 Å². The number of anilines is 1. The van der Waals surface area contributed by atoms with Crippen molar-refractivity contribution in [2.45, 2.75) is 6.92 Å². The first kappa shape index (κ1) is 24.8. The van der Waals surface area contributed by atoms with Gasteiger partial charge in [0.1, 0.15) is 0 Å². The molecule has 0 bridgehead atoms. The van der Waals surface area contributed by atoms with E-state index in [2.05, 4.69) is 15.8 Å². The molecule has 0 radical (unpaired) electrons. The standard InChI is InChI=1S/C24H19Cl2N3O5/c1-14(28-29-23(31)22(30)27-18-10-6-9-17(25)21(18)26)16-11-12-19(20(13-16)33-2)34-24(32)15-7-4-3-5-8-15/h3-13H,1-2H3,(H,27,30)(H,29,31). The van der Waals surface area contributed by atoms with Gasteiger partial charge in [-0.2, -0.15) is 5.10 Å². The number of hydrazone groups is 1. The van der Waals surface area contributed by atoms with Crippen LogP contribution in [0.3, 0.4) is 0 Å². The highest BCUT2D eigenvalue weighted by Crippen LogP contribution is 2.30. The van der Waals surface area contributed by atoms with Gasteiger partial charge in [0.2, 0.25) is 0 Å². The summed E-state index contributed by atoms with van der Waals surface area (Å²) in [7, 11) is 1.43. The number of amides is 2. The number of esters is 1. The number of methoxy groups -OCH3 is 1.